The number of carbonyl (C=O) groups excluding carboxylic acids is 3. The molecule has 3 fully saturated rings. The third kappa shape index (κ3) is 2.80. The number of aliphatic hydroxyl groups is 1. The van der Waals surface area contributed by atoms with Gasteiger partial charge in [0.25, 0.3) is 5.91 Å². The summed E-state index contributed by atoms with van der Waals surface area (Å²) in [4.78, 5) is 49.3. The summed E-state index contributed by atoms with van der Waals surface area (Å²) in [5.41, 5.74) is -0.000220. The molecule has 4 amide bonds. The summed E-state index contributed by atoms with van der Waals surface area (Å²) in [5.74, 6) is -2.66. The van der Waals surface area contributed by atoms with Crippen LogP contribution in [0.4, 0.5) is 4.79 Å². The quantitative estimate of drug-likeness (QED) is 0.281. The molecule has 10 nitrogen and oxygen atoms in total. The highest BCUT2D eigenvalue weighted by Crippen LogP contribution is 2.51. The number of β-lactam (4-membered cyclic amide) rings is 1. The third-order valence-electron chi connectivity index (χ3n) is 5.94. The van der Waals surface area contributed by atoms with E-state index in [-0.39, 0.29) is 40.8 Å². The molecule has 0 saturated carbocycles. The summed E-state index contributed by atoms with van der Waals surface area (Å²) in [6.45, 7) is 3.98. The van der Waals surface area contributed by atoms with Gasteiger partial charge in [-0.25, -0.2) is 9.59 Å². The van der Waals surface area contributed by atoms with Crippen LogP contribution in [0.25, 0.3) is 0 Å². The molecule has 0 bridgehead atoms. The first kappa shape index (κ1) is 19.2. The number of amides is 4. The number of fused-ring (bicyclic) bond motifs is 1. The lowest BCUT2D eigenvalue weighted by molar-refractivity contribution is -0.163. The zero-order valence-corrected chi connectivity index (χ0v) is 16.2. The van der Waals surface area contributed by atoms with Gasteiger partial charge in [-0.15, -0.1) is 11.8 Å². The Morgan fingerprint density at radius 2 is 2.04 bits per heavy atom. The Hall–Kier alpha value is -2.11. The molecule has 28 heavy (non-hydrogen) atoms. The van der Waals surface area contributed by atoms with Gasteiger partial charge in [0.15, 0.2) is 0 Å². The Balaban J connectivity index is 1.50. The fourth-order valence-corrected chi connectivity index (χ4v) is 6.14. The van der Waals surface area contributed by atoms with Crippen molar-refractivity contribution in [2.45, 2.75) is 49.7 Å². The zero-order chi connectivity index (χ0) is 20.3. The van der Waals surface area contributed by atoms with E-state index in [0.29, 0.717) is 17.9 Å². The summed E-state index contributed by atoms with van der Waals surface area (Å²) in [5, 5.41) is 27.6. The standard InChI is InChI=1S/C17H22N4O6S/c1-5-11-9(6(2)22)15(24)21(11)12(16(25)26)13(5)28-7-3-8(18-4-7)10-14(23)20-17(27)19-10/h5-11,18,22H,3-4H2,1-2H3,(H,25,26)(H2,19,20,23,27)/t5-,6?,7+,8+,9?,10?,11-/m1/s1. The van der Waals surface area contributed by atoms with Crippen molar-refractivity contribution in [3.05, 3.63) is 10.6 Å². The van der Waals surface area contributed by atoms with Gasteiger partial charge in [0.1, 0.15) is 11.7 Å². The maximum absolute atomic E-state index is 12.4. The van der Waals surface area contributed by atoms with Crippen LogP contribution in [0, 0.1) is 11.8 Å². The molecule has 3 unspecified atom stereocenters. The number of hydrogen-bond donors (Lipinski definition) is 5. The molecule has 7 atom stereocenters. The van der Waals surface area contributed by atoms with Gasteiger partial charge in [-0.05, 0) is 13.3 Å². The number of carboxylic acid groups (broad SMARTS) is 1. The van der Waals surface area contributed by atoms with Gasteiger partial charge >= 0.3 is 12.0 Å². The number of aliphatic carboxylic acids is 1. The molecule has 152 valence electrons. The minimum absolute atomic E-state index is 0.000220. The largest absolute Gasteiger partial charge is 0.477 e. The van der Waals surface area contributed by atoms with Crippen LogP contribution in [0.2, 0.25) is 0 Å². The van der Waals surface area contributed by atoms with Crippen molar-refractivity contribution >= 4 is 35.6 Å². The smallest absolute Gasteiger partial charge is 0.353 e. The third-order valence-corrected chi connectivity index (χ3v) is 7.45. The summed E-state index contributed by atoms with van der Waals surface area (Å²) < 4.78 is 0. The highest BCUT2D eigenvalue weighted by atomic mass is 32.2. The number of urea groups is 1. The average molecular weight is 410 g/mol. The number of aliphatic hydroxyl groups excluding tert-OH is 1. The van der Waals surface area contributed by atoms with Crippen LogP contribution in [0.3, 0.4) is 0 Å². The van der Waals surface area contributed by atoms with Gasteiger partial charge in [-0.2, -0.15) is 0 Å². The highest BCUT2D eigenvalue weighted by molar-refractivity contribution is 8.03. The van der Waals surface area contributed by atoms with Gasteiger partial charge in [0.2, 0.25) is 5.91 Å². The summed E-state index contributed by atoms with van der Waals surface area (Å²) in [7, 11) is 0. The second-order valence-electron chi connectivity index (χ2n) is 7.70. The lowest BCUT2D eigenvalue weighted by atomic mass is 9.79. The highest BCUT2D eigenvalue weighted by Gasteiger charge is 2.60. The number of nitrogens with zero attached hydrogens (tertiary/aromatic N) is 1. The summed E-state index contributed by atoms with van der Waals surface area (Å²) in [6.07, 6.45) is -0.262. The van der Waals surface area contributed by atoms with E-state index < -0.39 is 30.1 Å². The molecular weight excluding hydrogens is 388 g/mol. The normalized spacial score (nSPS) is 38.2. The van der Waals surface area contributed by atoms with Gasteiger partial charge < -0.3 is 25.7 Å². The first-order valence-electron chi connectivity index (χ1n) is 9.20. The van der Waals surface area contributed by atoms with Crippen LogP contribution in [0.1, 0.15) is 20.3 Å². The number of carbonyl (C=O) groups is 4. The fourth-order valence-electron chi connectivity index (χ4n) is 4.65. The van der Waals surface area contributed by atoms with E-state index in [9.17, 15) is 29.4 Å². The Bertz CT molecular complexity index is 799. The van der Waals surface area contributed by atoms with Crippen molar-refractivity contribution < 1.29 is 29.4 Å². The minimum atomic E-state index is -1.15. The number of imide groups is 1. The molecular formula is C17H22N4O6S. The van der Waals surface area contributed by atoms with Crippen LogP contribution in [0.5, 0.6) is 0 Å². The molecule has 0 spiro atoms. The molecule has 5 N–H and O–H groups in total. The van der Waals surface area contributed by atoms with Gasteiger partial charge in [0, 0.05) is 28.7 Å². The molecule has 3 saturated heterocycles. The predicted octanol–water partition coefficient (Wildman–Crippen LogP) is -1.19. The number of carboxylic acids is 1. The van der Waals surface area contributed by atoms with Crippen molar-refractivity contribution in [2.75, 3.05) is 6.54 Å². The molecule has 11 heteroatoms. The van der Waals surface area contributed by atoms with Crippen LogP contribution in [0.15, 0.2) is 10.6 Å². The predicted molar refractivity (Wildman–Crippen MR) is 97.9 cm³/mol. The summed E-state index contributed by atoms with van der Waals surface area (Å²) in [6, 6.07) is -1.74. The van der Waals surface area contributed by atoms with E-state index in [2.05, 4.69) is 16.0 Å². The molecule has 0 aromatic rings. The zero-order valence-electron chi connectivity index (χ0n) is 15.3. The maximum atomic E-state index is 12.4. The Morgan fingerprint density at radius 3 is 2.61 bits per heavy atom. The van der Waals surface area contributed by atoms with Crippen LogP contribution in [-0.2, 0) is 14.4 Å². The van der Waals surface area contributed by atoms with Crippen molar-refractivity contribution in [1.29, 1.82) is 0 Å². The van der Waals surface area contributed by atoms with Crippen LogP contribution < -0.4 is 16.0 Å². The lowest BCUT2D eigenvalue weighted by Crippen LogP contribution is -2.63. The van der Waals surface area contributed by atoms with E-state index in [1.807, 2.05) is 6.92 Å². The number of rotatable bonds is 5. The van der Waals surface area contributed by atoms with Crippen LogP contribution in [-0.4, -0.2) is 75.0 Å². The monoisotopic (exact) mass is 410 g/mol. The SMILES string of the molecule is CC(O)C1C(=O)N2C(C(=O)O)=C(S[C@@H]3CN[C@H](C4NC(=O)NC4=O)C3)[C@H](C)[C@H]12. The van der Waals surface area contributed by atoms with E-state index in [4.69, 9.17) is 0 Å². The van der Waals surface area contributed by atoms with Crippen molar-refractivity contribution in [3.63, 3.8) is 0 Å². The fraction of sp³-hybridized carbons (Fsp3) is 0.647. The first-order chi connectivity index (χ1) is 13.2. The lowest BCUT2D eigenvalue weighted by Gasteiger charge is -2.46. The van der Waals surface area contributed by atoms with Crippen molar-refractivity contribution in [3.8, 4) is 0 Å². The Labute approximate surface area is 165 Å². The average Bonchev–Trinajstić information content (AvgIpc) is 3.25. The van der Waals surface area contributed by atoms with E-state index in [1.54, 1.807) is 6.92 Å². The molecule has 4 rings (SSSR count). The number of nitrogens with one attached hydrogen (secondary N) is 3. The minimum Gasteiger partial charge on any atom is -0.477 e. The maximum Gasteiger partial charge on any atom is 0.353 e. The van der Waals surface area contributed by atoms with Crippen LogP contribution >= 0.6 is 11.8 Å². The molecule has 0 aromatic heterocycles. The first-order valence-corrected chi connectivity index (χ1v) is 10.1. The Kier molecular flexibility index (Phi) is 4.63. The molecule has 4 aliphatic rings. The van der Waals surface area contributed by atoms with Gasteiger partial charge in [0.05, 0.1) is 18.1 Å². The summed E-state index contributed by atoms with van der Waals surface area (Å²) >= 11 is 1.40. The second-order valence-corrected chi connectivity index (χ2v) is 9.04. The van der Waals surface area contributed by atoms with E-state index in [0.717, 1.165) is 0 Å². The van der Waals surface area contributed by atoms with Gasteiger partial charge in [-0.3, -0.25) is 14.9 Å². The number of hydrogen-bond acceptors (Lipinski definition) is 7. The molecule has 4 heterocycles. The van der Waals surface area contributed by atoms with Gasteiger partial charge in [-0.1, -0.05) is 6.92 Å². The molecule has 0 aliphatic carbocycles. The Morgan fingerprint density at radius 1 is 1.32 bits per heavy atom. The molecule has 4 aliphatic heterocycles. The topological polar surface area (TPSA) is 148 Å². The van der Waals surface area contributed by atoms with Crippen molar-refractivity contribution in [1.82, 2.24) is 20.9 Å². The van der Waals surface area contributed by atoms with E-state index in [1.165, 1.54) is 16.7 Å². The second kappa shape index (κ2) is 6.75. The molecule has 0 radical (unpaired) electrons. The van der Waals surface area contributed by atoms with E-state index >= 15 is 0 Å². The molecule has 0 aromatic carbocycles. The number of thioether (sulfide) groups is 1. The van der Waals surface area contributed by atoms with Crippen molar-refractivity contribution in [2.24, 2.45) is 11.8 Å².